The predicted molar refractivity (Wildman–Crippen MR) is 112 cm³/mol. The Hall–Kier alpha value is -2.62. The van der Waals surface area contributed by atoms with Gasteiger partial charge in [0.15, 0.2) is 0 Å². The monoisotopic (exact) mass is 356 g/mol. The third-order valence-corrected chi connectivity index (χ3v) is 5.63. The average molecular weight is 356 g/mol. The minimum Gasteiger partial charge on any atom is -0.379 e. The van der Waals surface area contributed by atoms with Crippen molar-refractivity contribution in [1.29, 1.82) is 0 Å². The number of ether oxygens (including phenoxy) is 1. The van der Waals surface area contributed by atoms with Gasteiger partial charge < -0.3 is 9.72 Å². The maximum absolute atomic E-state index is 5.49. The van der Waals surface area contributed by atoms with Gasteiger partial charge >= 0.3 is 0 Å². The lowest BCUT2D eigenvalue weighted by molar-refractivity contribution is 0.0385. The summed E-state index contributed by atoms with van der Waals surface area (Å²) in [5.74, 6) is 0. The Kier molecular flexibility index (Phi) is 4.40. The SMILES string of the molecule is c1ccc2cc(-c3[nH]c4ccccc4c3CCN3CCOCC3)ccc2c1. The van der Waals surface area contributed by atoms with Crippen LogP contribution in [0.1, 0.15) is 5.56 Å². The fraction of sp³-hybridized carbons (Fsp3) is 0.250. The van der Waals surface area contributed by atoms with Gasteiger partial charge in [-0.15, -0.1) is 0 Å². The molecule has 1 N–H and O–H groups in total. The van der Waals surface area contributed by atoms with Crippen molar-refractivity contribution in [3.63, 3.8) is 0 Å². The molecule has 136 valence electrons. The maximum atomic E-state index is 5.49. The third kappa shape index (κ3) is 3.25. The summed E-state index contributed by atoms with van der Waals surface area (Å²) in [7, 11) is 0. The molecule has 0 bridgehead atoms. The summed E-state index contributed by atoms with van der Waals surface area (Å²) in [6, 6.07) is 24.0. The fourth-order valence-electron chi connectivity index (χ4n) is 4.15. The summed E-state index contributed by atoms with van der Waals surface area (Å²) in [5, 5.41) is 3.91. The molecule has 0 unspecified atom stereocenters. The Morgan fingerprint density at radius 3 is 2.52 bits per heavy atom. The predicted octanol–water partition coefficient (Wildman–Crippen LogP) is 4.86. The number of aromatic nitrogens is 1. The van der Waals surface area contributed by atoms with Crippen molar-refractivity contribution in [2.24, 2.45) is 0 Å². The van der Waals surface area contributed by atoms with Crippen LogP contribution in [0.15, 0.2) is 66.7 Å². The van der Waals surface area contributed by atoms with Gasteiger partial charge in [0.25, 0.3) is 0 Å². The molecule has 27 heavy (non-hydrogen) atoms. The molecule has 1 aliphatic rings. The van der Waals surface area contributed by atoms with Crippen LogP contribution in [-0.2, 0) is 11.2 Å². The largest absolute Gasteiger partial charge is 0.379 e. The summed E-state index contributed by atoms with van der Waals surface area (Å²) in [5.41, 5.74) is 5.17. The lowest BCUT2D eigenvalue weighted by atomic mass is 10.00. The summed E-state index contributed by atoms with van der Waals surface area (Å²) < 4.78 is 5.49. The van der Waals surface area contributed by atoms with Crippen molar-refractivity contribution in [3.8, 4) is 11.3 Å². The van der Waals surface area contributed by atoms with Crippen LogP contribution in [-0.4, -0.2) is 42.7 Å². The summed E-state index contributed by atoms with van der Waals surface area (Å²) in [6.45, 7) is 4.85. The molecule has 5 rings (SSSR count). The van der Waals surface area contributed by atoms with Crippen LogP contribution < -0.4 is 0 Å². The number of morpholine rings is 1. The molecule has 3 heteroatoms. The summed E-state index contributed by atoms with van der Waals surface area (Å²) in [6.07, 6.45) is 1.05. The number of hydrogen-bond acceptors (Lipinski definition) is 2. The third-order valence-electron chi connectivity index (χ3n) is 5.63. The molecular weight excluding hydrogens is 332 g/mol. The molecule has 0 atom stereocenters. The zero-order valence-corrected chi connectivity index (χ0v) is 15.4. The van der Waals surface area contributed by atoms with Gasteiger partial charge in [0.05, 0.1) is 13.2 Å². The van der Waals surface area contributed by atoms with E-state index in [2.05, 4.69) is 76.6 Å². The van der Waals surface area contributed by atoms with Gasteiger partial charge in [0.2, 0.25) is 0 Å². The second-order valence-electron chi connectivity index (χ2n) is 7.29. The van der Waals surface area contributed by atoms with E-state index in [1.54, 1.807) is 0 Å². The van der Waals surface area contributed by atoms with Gasteiger partial charge in [-0.1, -0.05) is 54.6 Å². The standard InChI is InChI=1S/C24H24N2O/c1-2-6-19-17-20(10-9-18(19)5-1)24-22(11-12-26-13-15-27-16-14-26)21-7-3-4-8-23(21)25-24/h1-10,17,25H,11-16H2. The summed E-state index contributed by atoms with van der Waals surface area (Å²) in [4.78, 5) is 6.20. The minimum atomic E-state index is 0.853. The zero-order chi connectivity index (χ0) is 18.1. The minimum absolute atomic E-state index is 0.853. The molecule has 2 heterocycles. The molecule has 0 amide bonds. The Bertz CT molecular complexity index is 1080. The van der Waals surface area contributed by atoms with Crippen LogP contribution in [0.5, 0.6) is 0 Å². The van der Waals surface area contributed by atoms with Crippen molar-refractivity contribution in [3.05, 3.63) is 72.3 Å². The van der Waals surface area contributed by atoms with Gasteiger partial charge in [0, 0.05) is 36.2 Å². The highest BCUT2D eigenvalue weighted by Crippen LogP contribution is 2.32. The normalized spacial score (nSPS) is 15.6. The average Bonchev–Trinajstić information content (AvgIpc) is 3.11. The topological polar surface area (TPSA) is 28.3 Å². The van der Waals surface area contributed by atoms with Crippen molar-refractivity contribution < 1.29 is 4.74 Å². The van der Waals surface area contributed by atoms with Gasteiger partial charge in [-0.05, 0) is 40.5 Å². The quantitative estimate of drug-likeness (QED) is 0.565. The fourth-order valence-corrected chi connectivity index (χ4v) is 4.15. The molecule has 1 aliphatic heterocycles. The van der Waals surface area contributed by atoms with E-state index in [1.807, 2.05) is 0 Å². The lowest BCUT2D eigenvalue weighted by Gasteiger charge is -2.26. The number of rotatable bonds is 4. The smallest absolute Gasteiger partial charge is 0.0594 e. The zero-order valence-electron chi connectivity index (χ0n) is 15.4. The Labute approximate surface area is 159 Å². The Balaban J connectivity index is 1.55. The van der Waals surface area contributed by atoms with Crippen molar-refractivity contribution in [2.75, 3.05) is 32.8 Å². The van der Waals surface area contributed by atoms with E-state index in [-0.39, 0.29) is 0 Å². The molecule has 0 saturated carbocycles. The molecule has 0 spiro atoms. The number of nitrogens with zero attached hydrogens (tertiary/aromatic N) is 1. The van der Waals surface area contributed by atoms with Crippen LogP contribution in [0.3, 0.4) is 0 Å². The van der Waals surface area contributed by atoms with Crippen LogP contribution in [0.25, 0.3) is 32.9 Å². The van der Waals surface area contributed by atoms with Crippen LogP contribution in [0.4, 0.5) is 0 Å². The summed E-state index contributed by atoms with van der Waals surface area (Å²) >= 11 is 0. The number of H-pyrrole nitrogens is 1. The van der Waals surface area contributed by atoms with Gasteiger partial charge in [-0.2, -0.15) is 0 Å². The first-order valence-corrected chi connectivity index (χ1v) is 9.77. The first-order chi connectivity index (χ1) is 13.4. The van der Waals surface area contributed by atoms with Crippen LogP contribution >= 0.6 is 0 Å². The van der Waals surface area contributed by atoms with Gasteiger partial charge in [-0.25, -0.2) is 0 Å². The van der Waals surface area contributed by atoms with Gasteiger partial charge in [0.1, 0.15) is 0 Å². The highest BCUT2D eigenvalue weighted by atomic mass is 16.5. The Morgan fingerprint density at radius 1 is 0.852 bits per heavy atom. The molecule has 1 saturated heterocycles. The first-order valence-electron chi connectivity index (χ1n) is 9.77. The van der Waals surface area contributed by atoms with Crippen molar-refractivity contribution in [1.82, 2.24) is 9.88 Å². The number of aromatic amines is 1. The van der Waals surface area contributed by atoms with Crippen molar-refractivity contribution >= 4 is 21.7 Å². The van der Waals surface area contributed by atoms with E-state index >= 15 is 0 Å². The van der Waals surface area contributed by atoms with E-state index in [0.717, 1.165) is 39.3 Å². The molecule has 3 aromatic carbocycles. The molecule has 1 fully saturated rings. The first kappa shape index (κ1) is 16.5. The van der Waals surface area contributed by atoms with Gasteiger partial charge in [-0.3, -0.25) is 4.90 Å². The lowest BCUT2D eigenvalue weighted by Crippen LogP contribution is -2.37. The number of benzene rings is 3. The molecule has 1 aromatic heterocycles. The second-order valence-corrected chi connectivity index (χ2v) is 7.29. The number of fused-ring (bicyclic) bond motifs is 2. The number of nitrogens with one attached hydrogen (secondary N) is 1. The van der Waals surface area contributed by atoms with E-state index in [0.29, 0.717) is 0 Å². The van der Waals surface area contributed by atoms with Crippen molar-refractivity contribution in [2.45, 2.75) is 6.42 Å². The molecule has 3 nitrogen and oxygen atoms in total. The molecule has 0 aliphatic carbocycles. The highest BCUT2D eigenvalue weighted by Gasteiger charge is 2.16. The van der Waals surface area contributed by atoms with E-state index < -0.39 is 0 Å². The maximum Gasteiger partial charge on any atom is 0.0594 e. The number of para-hydroxylation sites is 1. The molecule has 4 aromatic rings. The van der Waals surface area contributed by atoms with E-state index in [4.69, 9.17) is 4.74 Å². The Morgan fingerprint density at radius 2 is 1.63 bits per heavy atom. The van der Waals surface area contributed by atoms with Crippen LogP contribution in [0.2, 0.25) is 0 Å². The highest BCUT2D eigenvalue weighted by molar-refractivity contribution is 5.93. The second kappa shape index (κ2) is 7.18. The van der Waals surface area contributed by atoms with E-state index in [9.17, 15) is 0 Å². The number of hydrogen-bond donors (Lipinski definition) is 1. The van der Waals surface area contributed by atoms with Crippen LogP contribution in [0, 0.1) is 0 Å². The molecular formula is C24H24N2O. The van der Waals surface area contributed by atoms with E-state index in [1.165, 1.54) is 38.5 Å². The molecule has 0 radical (unpaired) electrons.